The van der Waals surface area contributed by atoms with Gasteiger partial charge >= 0.3 is 12.2 Å². The fourth-order valence-corrected chi connectivity index (χ4v) is 10.4. The van der Waals surface area contributed by atoms with Crippen LogP contribution in [0.15, 0.2) is 54.7 Å². The van der Waals surface area contributed by atoms with Gasteiger partial charge in [0.1, 0.15) is 11.9 Å². The second-order valence-corrected chi connectivity index (χ2v) is 17.4. The maximum absolute atomic E-state index is 14.0. The quantitative estimate of drug-likeness (QED) is 0.119. The van der Waals surface area contributed by atoms with E-state index in [0.717, 1.165) is 96.5 Å². The summed E-state index contributed by atoms with van der Waals surface area (Å²) < 4.78 is 9.64. The molecule has 0 spiro atoms. The van der Waals surface area contributed by atoms with Crippen molar-refractivity contribution >= 4 is 24.0 Å². The number of nitrogens with one attached hydrogen (secondary N) is 4. The Hall–Kier alpha value is -5.59. The lowest BCUT2D eigenvalue weighted by Gasteiger charge is -2.35. The van der Waals surface area contributed by atoms with Gasteiger partial charge in [-0.25, -0.2) is 25.0 Å². The van der Waals surface area contributed by atoms with Crippen LogP contribution in [0.2, 0.25) is 0 Å². The van der Waals surface area contributed by atoms with Crippen molar-refractivity contribution in [2.75, 3.05) is 20.8 Å². The minimum atomic E-state index is -0.653. The number of methoxy groups -OCH3 is 2. The van der Waals surface area contributed by atoms with Crippen molar-refractivity contribution in [1.82, 2.24) is 35.6 Å². The third-order valence-electron chi connectivity index (χ3n) is 13.3. The molecule has 13 heteroatoms. The van der Waals surface area contributed by atoms with Crippen LogP contribution >= 0.6 is 0 Å². The maximum atomic E-state index is 14.0. The third-order valence-corrected chi connectivity index (χ3v) is 13.3. The summed E-state index contributed by atoms with van der Waals surface area (Å²) in [5.41, 5.74) is 12.8. The van der Waals surface area contributed by atoms with Gasteiger partial charge in [-0.2, -0.15) is 0 Å². The van der Waals surface area contributed by atoms with Crippen molar-refractivity contribution in [3.8, 4) is 33.6 Å². The summed E-state index contributed by atoms with van der Waals surface area (Å²) in [6.07, 6.45) is 8.55. The van der Waals surface area contributed by atoms with Gasteiger partial charge in [0.15, 0.2) is 0 Å². The number of rotatable bonds is 10. The van der Waals surface area contributed by atoms with E-state index < -0.39 is 18.2 Å². The summed E-state index contributed by atoms with van der Waals surface area (Å²) in [6, 6.07) is 16.2. The summed E-state index contributed by atoms with van der Waals surface area (Å²) in [4.78, 5) is 66.2. The maximum Gasteiger partial charge on any atom is 0.425 e. The molecule has 0 radical (unpaired) electrons. The highest BCUT2D eigenvalue weighted by Crippen LogP contribution is 2.57. The minimum absolute atomic E-state index is 0.0439. The number of amides is 4. The highest BCUT2D eigenvalue weighted by atomic mass is 16.5. The SMILES string of the molecule is COC(=O)N[C@H](C(=O)N1CCC[C@H]1c1[nH]c(-c2ccc(-c3ccc(-c4cnc(C5C6CCC(C6)C5C(=O)N(NC(=O)OC)C(C)C)[nH]4)cc3)cc2)c2c1CCC2)C(C)C. The van der Waals surface area contributed by atoms with Gasteiger partial charge in [0, 0.05) is 29.9 Å². The topological polar surface area (TPSA) is 162 Å². The zero-order valence-corrected chi connectivity index (χ0v) is 35.0. The number of hydrazine groups is 1. The first-order valence-electron chi connectivity index (χ1n) is 21.3. The van der Waals surface area contributed by atoms with Crippen molar-refractivity contribution in [1.29, 1.82) is 0 Å². The highest BCUT2D eigenvalue weighted by molar-refractivity contribution is 5.87. The summed E-state index contributed by atoms with van der Waals surface area (Å²) in [5, 5.41) is 4.19. The Kier molecular flexibility index (Phi) is 11.3. The van der Waals surface area contributed by atoms with E-state index in [-0.39, 0.29) is 47.6 Å². The molecule has 4 amide bonds. The van der Waals surface area contributed by atoms with Gasteiger partial charge in [-0.05, 0) is 116 Å². The first kappa shape index (κ1) is 40.2. The highest BCUT2D eigenvalue weighted by Gasteiger charge is 2.54. The molecule has 2 aromatic heterocycles. The molecule has 312 valence electrons. The number of nitrogens with zero attached hydrogens (tertiary/aromatic N) is 3. The zero-order chi connectivity index (χ0) is 41.5. The number of imidazole rings is 1. The van der Waals surface area contributed by atoms with Crippen LogP contribution in [0.5, 0.6) is 0 Å². The standard InChI is InChI=1S/C46H57N7O6/c1-25(2)39(50-45(56)58-5)44(55)52-22-8-11-36(52)41-34-10-7-9-33(34)40(49-41)30-18-14-28(15-19-30)27-12-16-29(17-13-27)35-24-47-42(48-35)37-31-20-21-32(23-31)38(37)43(54)53(26(3)4)51-46(57)59-6/h12-19,24-26,31-32,36-39,49H,7-11,20-23H2,1-6H3,(H,47,48)(H,50,56)(H,51,57)/t31?,32?,36-,37?,38?,39-/m0/s1. The van der Waals surface area contributed by atoms with E-state index in [1.165, 1.54) is 30.4 Å². The number of alkyl carbamates (subject to hydrolysis) is 1. The Morgan fingerprint density at radius 1 is 0.797 bits per heavy atom. The van der Waals surface area contributed by atoms with Crippen LogP contribution < -0.4 is 10.7 Å². The number of ether oxygens (including phenoxy) is 2. The Labute approximate surface area is 346 Å². The van der Waals surface area contributed by atoms with E-state index in [0.29, 0.717) is 12.5 Å². The summed E-state index contributed by atoms with van der Waals surface area (Å²) in [7, 11) is 2.62. The molecule has 4 aromatic rings. The number of likely N-dealkylation sites (tertiary alicyclic amines) is 1. The van der Waals surface area contributed by atoms with Crippen LogP contribution in [-0.4, -0.2) is 81.7 Å². The largest absolute Gasteiger partial charge is 0.453 e. The van der Waals surface area contributed by atoms with Crippen molar-refractivity contribution in [3.63, 3.8) is 0 Å². The van der Waals surface area contributed by atoms with Gasteiger partial charge in [0.05, 0.1) is 38.1 Å². The number of hydrogen-bond acceptors (Lipinski definition) is 7. The van der Waals surface area contributed by atoms with Crippen molar-refractivity contribution in [3.05, 3.63) is 77.4 Å². The minimum Gasteiger partial charge on any atom is -0.453 e. The molecule has 3 heterocycles. The summed E-state index contributed by atoms with van der Waals surface area (Å²) in [6.45, 7) is 8.31. The second-order valence-electron chi connectivity index (χ2n) is 17.4. The molecule has 1 saturated heterocycles. The Morgan fingerprint density at radius 2 is 1.44 bits per heavy atom. The number of carbonyl (C=O) groups is 4. The fourth-order valence-electron chi connectivity index (χ4n) is 10.4. The Bertz CT molecular complexity index is 2190. The van der Waals surface area contributed by atoms with Crippen molar-refractivity contribution in [2.24, 2.45) is 23.7 Å². The average Bonchev–Trinajstić information content (AvgIpc) is 4.11. The molecule has 2 aromatic carbocycles. The molecule has 2 bridgehead atoms. The summed E-state index contributed by atoms with van der Waals surface area (Å²) in [5.74, 6) is 0.908. The number of aromatic amines is 2. The van der Waals surface area contributed by atoms with E-state index >= 15 is 0 Å². The molecular formula is C46H57N7O6. The van der Waals surface area contributed by atoms with E-state index in [1.807, 2.05) is 38.8 Å². The lowest BCUT2D eigenvalue weighted by atomic mass is 9.78. The van der Waals surface area contributed by atoms with Gasteiger partial charge < -0.3 is 29.7 Å². The predicted molar refractivity (Wildman–Crippen MR) is 224 cm³/mol. The van der Waals surface area contributed by atoms with Crippen molar-refractivity contribution < 1.29 is 28.7 Å². The number of hydrogen-bond donors (Lipinski definition) is 4. The second kappa shape index (κ2) is 16.6. The molecule has 6 atom stereocenters. The number of aromatic nitrogens is 3. The van der Waals surface area contributed by atoms with Gasteiger partial charge in [0.25, 0.3) is 0 Å². The molecule has 4 aliphatic rings. The van der Waals surface area contributed by atoms with E-state index in [2.05, 4.69) is 69.2 Å². The smallest absolute Gasteiger partial charge is 0.425 e. The van der Waals surface area contributed by atoms with E-state index in [1.54, 1.807) is 0 Å². The van der Waals surface area contributed by atoms with Crippen LogP contribution in [0.1, 0.15) is 101 Å². The lowest BCUT2D eigenvalue weighted by molar-refractivity contribution is -0.143. The van der Waals surface area contributed by atoms with Crippen molar-refractivity contribution in [2.45, 2.75) is 103 Å². The number of carbonyl (C=O) groups excluding carboxylic acids is 4. The molecule has 2 saturated carbocycles. The van der Waals surface area contributed by atoms with Gasteiger partial charge in [0.2, 0.25) is 11.8 Å². The Morgan fingerprint density at radius 3 is 2.10 bits per heavy atom. The van der Waals surface area contributed by atoms with E-state index in [9.17, 15) is 19.2 Å². The fraction of sp³-hybridized carbons (Fsp3) is 0.500. The number of H-pyrrole nitrogens is 2. The first-order valence-corrected chi connectivity index (χ1v) is 21.3. The first-order chi connectivity index (χ1) is 28.5. The van der Waals surface area contributed by atoms with Gasteiger partial charge in [-0.3, -0.25) is 9.59 Å². The number of benzene rings is 2. The predicted octanol–water partition coefficient (Wildman–Crippen LogP) is 7.91. The molecular weight excluding hydrogens is 747 g/mol. The molecule has 8 rings (SSSR count). The molecule has 13 nitrogen and oxygen atoms in total. The monoisotopic (exact) mass is 803 g/mol. The van der Waals surface area contributed by atoms with Crippen LogP contribution in [0.4, 0.5) is 9.59 Å². The Balaban J connectivity index is 0.978. The lowest BCUT2D eigenvalue weighted by Crippen LogP contribution is -2.53. The number of fused-ring (bicyclic) bond motifs is 3. The van der Waals surface area contributed by atoms with Crippen LogP contribution in [0, 0.1) is 23.7 Å². The van der Waals surface area contributed by atoms with Crippen LogP contribution in [0.25, 0.3) is 33.6 Å². The van der Waals surface area contributed by atoms with Gasteiger partial charge in [-0.15, -0.1) is 0 Å². The zero-order valence-electron chi connectivity index (χ0n) is 35.0. The third kappa shape index (κ3) is 7.60. The molecule has 4 unspecified atom stereocenters. The van der Waals surface area contributed by atoms with Crippen LogP contribution in [0.3, 0.4) is 0 Å². The molecule has 3 fully saturated rings. The molecule has 59 heavy (non-hydrogen) atoms. The molecule has 1 aliphatic heterocycles. The normalized spacial score (nSPS) is 22.4. The molecule has 3 aliphatic carbocycles. The van der Waals surface area contributed by atoms with Crippen LogP contribution in [-0.2, 0) is 31.9 Å². The van der Waals surface area contributed by atoms with E-state index in [4.69, 9.17) is 14.5 Å². The molecule has 4 N–H and O–H groups in total. The van der Waals surface area contributed by atoms with Gasteiger partial charge in [-0.1, -0.05) is 62.4 Å². The average molecular weight is 804 g/mol. The summed E-state index contributed by atoms with van der Waals surface area (Å²) >= 11 is 0.